The molecule has 1 heterocycles. The Labute approximate surface area is 294 Å². The molecule has 0 spiro atoms. The lowest BCUT2D eigenvalue weighted by molar-refractivity contribution is -0.144. The van der Waals surface area contributed by atoms with Crippen LogP contribution in [-0.2, 0) is 43.4 Å². The van der Waals surface area contributed by atoms with Gasteiger partial charge in [-0.2, -0.15) is 0 Å². The number of methoxy groups -OCH3 is 1. The quantitative estimate of drug-likeness (QED) is 0.122. The fourth-order valence-corrected chi connectivity index (χ4v) is 7.11. The maximum Gasteiger partial charge on any atom is 0.408 e. The molecule has 50 heavy (non-hydrogen) atoms. The van der Waals surface area contributed by atoms with Gasteiger partial charge in [0, 0.05) is 12.3 Å². The highest BCUT2D eigenvalue weighted by atomic mass is 32.2. The Kier molecular flexibility index (Phi) is 12.3. The lowest BCUT2D eigenvalue weighted by Gasteiger charge is -2.36. The Hall–Kier alpha value is -3.89. The van der Waals surface area contributed by atoms with Crippen LogP contribution in [0.15, 0.2) is 12.7 Å². The van der Waals surface area contributed by atoms with Crippen molar-refractivity contribution in [2.45, 2.75) is 128 Å². The Morgan fingerprint density at radius 1 is 1.02 bits per heavy atom. The van der Waals surface area contributed by atoms with Crippen LogP contribution < -0.4 is 20.7 Å². The molecule has 0 bridgehead atoms. The van der Waals surface area contributed by atoms with Crippen molar-refractivity contribution in [1.29, 1.82) is 0 Å². The number of hydrogen-bond donors (Lipinski definition) is 4. The molecule has 17 heteroatoms. The third-order valence-corrected chi connectivity index (χ3v) is 10.9. The maximum atomic E-state index is 14.3. The van der Waals surface area contributed by atoms with E-state index in [2.05, 4.69) is 27.3 Å². The van der Waals surface area contributed by atoms with Gasteiger partial charge in [0.2, 0.25) is 21.8 Å². The van der Waals surface area contributed by atoms with Crippen LogP contribution in [0.2, 0.25) is 0 Å². The smallest absolute Gasteiger partial charge is 0.408 e. The van der Waals surface area contributed by atoms with Gasteiger partial charge in [-0.25, -0.2) is 22.8 Å². The second-order valence-electron chi connectivity index (χ2n) is 15.4. The summed E-state index contributed by atoms with van der Waals surface area (Å²) >= 11 is 0. The number of carbonyl (C=O) groups excluding carboxylic acids is 6. The fourth-order valence-electron chi connectivity index (χ4n) is 5.74. The summed E-state index contributed by atoms with van der Waals surface area (Å²) in [7, 11) is -2.75. The van der Waals surface area contributed by atoms with E-state index >= 15 is 0 Å². The minimum atomic E-state index is -3.94. The Morgan fingerprint density at radius 3 is 2.12 bits per heavy atom. The zero-order valence-electron chi connectivity index (χ0n) is 30.4. The molecule has 3 aliphatic rings. The molecule has 3 fully saturated rings. The average Bonchev–Trinajstić information content (AvgIpc) is 3.93. The van der Waals surface area contributed by atoms with Gasteiger partial charge in [0.15, 0.2) is 0 Å². The molecule has 3 rings (SSSR count). The van der Waals surface area contributed by atoms with E-state index in [1.165, 1.54) is 13.2 Å². The van der Waals surface area contributed by atoms with E-state index in [0.29, 0.717) is 19.3 Å². The highest BCUT2D eigenvalue weighted by Gasteiger charge is 2.62. The number of nitrogens with zero attached hydrogens (tertiary/aromatic N) is 1. The molecule has 7 unspecified atom stereocenters. The molecule has 2 saturated carbocycles. The van der Waals surface area contributed by atoms with Crippen LogP contribution in [0.25, 0.3) is 0 Å². The average molecular weight is 728 g/mol. The monoisotopic (exact) mass is 727 g/mol. The molecule has 1 saturated heterocycles. The Bertz CT molecular complexity index is 1470. The fraction of sp³-hybridized carbons (Fsp3) is 0.758. The van der Waals surface area contributed by atoms with E-state index in [9.17, 15) is 37.2 Å². The minimum absolute atomic E-state index is 0.0760. The van der Waals surface area contributed by atoms with Gasteiger partial charge >= 0.3 is 18.2 Å². The molecule has 0 aromatic rings. The van der Waals surface area contributed by atoms with E-state index in [1.54, 1.807) is 48.5 Å². The van der Waals surface area contributed by atoms with Crippen molar-refractivity contribution in [3.05, 3.63) is 12.7 Å². The van der Waals surface area contributed by atoms with Gasteiger partial charge < -0.3 is 35.1 Å². The topological polar surface area (TPSA) is 216 Å². The molecule has 16 nitrogen and oxygen atoms in total. The second kappa shape index (κ2) is 15.2. The summed E-state index contributed by atoms with van der Waals surface area (Å²) in [4.78, 5) is 81.0. The summed E-state index contributed by atoms with van der Waals surface area (Å²) in [5.74, 6) is -3.96. The van der Waals surface area contributed by atoms with Gasteiger partial charge in [0.1, 0.15) is 35.4 Å². The second-order valence-corrected chi connectivity index (χ2v) is 17.4. The molecule has 282 valence electrons. The third kappa shape index (κ3) is 9.88. The van der Waals surface area contributed by atoms with Crippen molar-refractivity contribution >= 4 is 45.9 Å². The third-order valence-electron chi connectivity index (χ3n) is 9.09. The van der Waals surface area contributed by atoms with Gasteiger partial charge in [-0.05, 0) is 51.4 Å². The first kappa shape index (κ1) is 40.5. The highest BCUT2D eigenvalue weighted by molar-refractivity contribution is 7.91. The number of alkyl carbamates (subject to hydrolysis) is 2. The molecule has 5 amide bonds. The number of likely N-dealkylation sites (tertiary alicyclic amines) is 1. The first-order chi connectivity index (χ1) is 23.0. The minimum Gasteiger partial charge on any atom is -0.467 e. The molecular weight excluding hydrogens is 674 g/mol. The first-order valence-corrected chi connectivity index (χ1v) is 18.4. The largest absolute Gasteiger partial charge is 0.467 e. The molecule has 0 aromatic heterocycles. The van der Waals surface area contributed by atoms with Crippen LogP contribution in [0, 0.1) is 17.3 Å². The van der Waals surface area contributed by atoms with Gasteiger partial charge in [-0.15, -0.1) is 6.58 Å². The molecule has 0 aromatic carbocycles. The summed E-state index contributed by atoms with van der Waals surface area (Å²) in [6, 6.07) is -3.54. The van der Waals surface area contributed by atoms with Gasteiger partial charge in [0.05, 0.1) is 18.9 Å². The van der Waals surface area contributed by atoms with Crippen LogP contribution in [0.1, 0.15) is 87.5 Å². The SMILES string of the molecule is C=CC1CC1(NC(=O)C1CC(OC(=O)NC(C(=O)OC)C(C)CC)CN1C(=O)C(NC(=O)OC(C)(C)C)C(C)(C)C)C(=O)NS(=O)(=O)C1CC1. The van der Waals surface area contributed by atoms with E-state index in [4.69, 9.17) is 14.2 Å². The summed E-state index contributed by atoms with van der Waals surface area (Å²) in [6.07, 6.45) is -0.214. The zero-order chi connectivity index (χ0) is 38.0. The molecule has 1 aliphatic heterocycles. The van der Waals surface area contributed by atoms with Crippen molar-refractivity contribution in [1.82, 2.24) is 25.6 Å². The lowest BCUT2D eigenvalue weighted by Crippen LogP contribution is -2.60. The lowest BCUT2D eigenvalue weighted by atomic mass is 9.85. The highest BCUT2D eigenvalue weighted by Crippen LogP contribution is 2.45. The number of rotatable bonds is 13. The van der Waals surface area contributed by atoms with E-state index in [-0.39, 0.29) is 25.3 Å². The molecule has 0 radical (unpaired) electrons. The van der Waals surface area contributed by atoms with E-state index in [1.807, 2.05) is 6.92 Å². The summed E-state index contributed by atoms with van der Waals surface area (Å²) in [5, 5.41) is 7.10. The predicted molar refractivity (Wildman–Crippen MR) is 181 cm³/mol. The summed E-state index contributed by atoms with van der Waals surface area (Å²) < 4.78 is 43.1. The Morgan fingerprint density at radius 2 is 1.64 bits per heavy atom. The number of carbonyl (C=O) groups is 6. The normalized spacial score (nSPS) is 25.2. The standard InChI is InChI=1S/C33H53N5O11S/c1-11-18(3)23(27(41)47-10)34-29(43)48-20-15-22(38(17-20)26(40)24(31(4,5)6)35-30(44)49-32(7,8)9)25(39)36-33(16-19(33)12-2)28(42)37-50(45,46)21-13-14-21/h12,18-24H,2,11,13-17H2,1,3-10H3,(H,34,43)(H,35,44)(H,36,39)(H,37,42). The van der Waals surface area contributed by atoms with Gasteiger partial charge in [0.25, 0.3) is 5.91 Å². The number of amides is 5. The van der Waals surface area contributed by atoms with Gasteiger partial charge in [-0.3, -0.25) is 19.1 Å². The van der Waals surface area contributed by atoms with Gasteiger partial charge in [-0.1, -0.05) is 47.1 Å². The van der Waals surface area contributed by atoms with Crippen molar-refractivity contribution in [2.24, 2.45) is 17.3 Å². The van der Waals surface area contributed by atoms with Crippen LogP contribution in [-0.4, -0.2) is 103 Å². The zero-order valence-corrected chi connectivity index (χ0v) is 31.2. The van der Waals surface area contributed by atoms with E-state index < -0.39 is 97.9 Å². The molecule has 7 atom stereocenters. The van der Waals surface area contributed by atoms with Crippen LogP contribution in [0.3, 0.4) is 0 Å². The molecule has 4 N–H and O–H groups in total. The number of nitrogens with one attached hydrogen (secondary N) is 4. The maximum absolute atomic E-state index is 14.3. The van der Waals surface area contributed by atoms with Crippen molar-refractivity contribution < 1.29 is 51.4 Å². The van der Waals surface area contributed by atoms with Crippen molar-refractivity contribution in [3.8, 4) is 0 Å². The van der Waals surface area contributed by atoms with Crippen LogP contribution in [0.4, 0.5) is 9.59 Å². The number of esters is 1. The summed E-state index contributed by atoms with van der Waals surface area (Å²) in [6.45, 7) is 17.1. The summed E-state index contributed by atoms with van der Waals surface area (Å²) in [5.41, 5.74) is -3.39. The molecular formula is C33H53N5O11S. The number of ether oxygens (including phenoxy) is 3. The van der Waals surface area contributed by atoms with E-state index in [0.717, 1.165) is 4.90 Å². The van der Waals surface area contributed by atoms with Crippen LogP contribution >= 0.6 is 0 Å². The Balaban J connectivity index is 1.91. The van der Waals surface area contributed by atoms with Crippen molar-refractivity contribution in [2.75, 3.05) is 13.7 Å². The van der Waals surface area contributed by atoms with Crippen molar-refractivity contribution in [3.63, 3.8) is 0 Å². The number of hydrogen-bond acceptors (Lipinski definition) is 11. The van der Waals surface area contributed by atoms with Crippen LogP contribution in [0.5, 0.6) is 0 Å². The first-order valence-electron chi connectivity index (χ1n) is 16.8. The molecule has 2 aliphatic carbocycles. The number of sulfonamides is 1. The predicted octanol–water partition coefficient (Wildman–Crippen LogP) is 1.88.